The number of aryl methyl sites for hydroxylation is 1. The number of rotatable bonds is 8. The Kier molecular flexibility index (Phi) is 5.60. The smallest absolute Gasteiger partial charge is 0.264 e. The lowest BCUT2D eigenvalue weighted by Crippen LogP contribution is -2.67. The third-order valence-electron chi connectivity index (χ3n) is 5.65. The lowest BCUT2D eigenvalue weighted by atomic mass is 9.85. The molecule has 2 aliphatic rings. The van der Waals surface area contributed by atoms with Crippen molar-refractivity contribution in [2.24, 2.45) is 5.92 Å². The standard InChI is InChI=1S/C20H28N2O4S/c1-3-4-5-15-8-10-17(11-9-15)27(25,26)21-19(24)20(2)12-13-22(20)18(23)14-16-6-7-16/h8-11,16H,3-7,12-14H2,1-2H3,(H,21,24). The first-order chi connectivity index (χ1) is 12.8. The molecule has 7 heteroatoms. The van der Waals surface area contributed by atoms with Gasteiger partial charge in [0.15, 0.2) is 0 Å². The van der Waals surface area contributed by atoms with Crippen molar-refractivity contribution in [3.8, 4) is 0 Å². The summed E-state index contributed by atoms with van der Waals surface area (Å²) in [6, 6.07) is 6.62. The van der Waals surface area contributed by atoms with E-state index in [1.165, 1.54) is 17.0 Å². The Morgan fingerprint density at radius 2 is 1.89 bits per heavy atom. The highest BCUT2D eigenvalue weighted by Gasteiger charge is 2.50. The Morgan fingerprint density at radius 3 is 2.41 bits per heavy atom. The van der Waals surface area contributed by atoms with Crippen molar-refractivity contribution in [3.05, 3.63) is 29.8 Å². The molecule has 1 aliphatic heterocycles. The van der Waals surface area contributed by atoms with Gasteiger partial charge in [0.05, 0.1) is 4.90 Å². The first kappa shape index (κ1) is 19.9. The largest absolute Gasteiger partial charge is 0.328 e. The zero-order valence-corrected chi connectivity index (χ0v) is 16.8. The van der Waals surface area contributed by atoms with Crippen LogP contribution in [-0.4, -0.2) is 37.2 Å². The van der Waals surface area contributed by atoms with Crippen LogP contribution in [0.2, 0.25) is 0 Å². The average molecular weight is 393 g/mol. The fraction of sp³-hybridized carbons (Fsp3) is 0.600. The number of nitrogens with zero attached hydrogens (tertiary/aromatic N) is 1. The van der Waals surface area contributed by atoms with E-state index in [9.17, 15) is 18.0 Å². The molecule has 0 radical (unpaired) electrons. The molecule has 0 aromatic heterocycles. The molecule has 1 aromatic carbocycles. The lowest BCUT2D eigenvalue weighted by molar-refractivity contribution is -0.156. The van der Waals surface area contributed by atoms with Crippen LogP contribution in [0.5, 0.6) is 0 Å². The minimum Gasteiger partial charge on any atom is -0.328 e. The predicted octanol–water partition coefficient (Wildman–Crippen LogP) is 2.63. The summed E-state index contributed by atoms with van der Waals surface area (Å²) in [6.07, 6.45) is 6.07. The number of carbonyl (C=O) groups excluding carboxylic acids is 2. The van der Waals surface area contributed by atoms with Crippen molar-refractivity contribution in [1.82, 2.24) is 9.62 Å². The Hall–Kier alpha value is -1.89. The highest BCUT2D eigenvalue weighted by Crippen LogP contribution is 2.37. The number of unbranched alkanes of at least 4 members (excludes halogenated alkanes) is 1. The first-order valence-corrected chi connectivity index (χ1v) is 11.2. The van der Waals surface area contributed by atoms with Gasteiger partial charge in [0.1, 0.15) is 5.54 Å². The number of hydrogen-bond donors (Lipinski definition) is 1. The molecule has 1 saturated heterocycles. The number of carbonyl (C=O) groups is 2. The van der Waals surface area contributed by atoms with Crippen LogP contribution in [0, 0.1) is 5.92 Å². The molecule has 0 bridgehead atoms. The van der Waals surface area contributed by atoms with Crippen molar-refractivity contribution >= 4 is 21.8 Å². The minimum absolute atomic E-state index is 0.0564. The number of benzene rings is 1. The lowest BCUT2D eigenvalue weighted by Gasteiger charge is -2.49. The van der Waals surface area contributed by atoms with Gasteiger partial charge in [-0.1, -0.05) is 25.5 Å². The van der Waals surface area contributed by atoms with E-state index >= 15 is 0 Å². The van der Waals surface area contributed by atoms with E-state index in [0.717, 1.165) is 37.7 Å². The summed E-state index contributed by atoms with van der Waals surface area (Å²) < 4.78 is 27.3. The molecule has 2 fully saturated rings. The molecule has 1 unspecified atom stereocenters. The van der Waals surface area contributed by atoms with E-state index in [4.69, 9.17) is 0 Å². The molecule has 1 saturated carbocycles. The molecule has 0 spiro atoms. The van der Waals surface area contributed by atoms with Gasteiger partial charge >= 0.3 is 0 Å². The van der Waals surface area contributed by atoms with E-state index < -0.39 is 21.5 Å². The van der Waals surface area contributed by atoms with Crippen LogP contribution in [0.1, 0.15) is 57.9 Å². The molecule has 1 aromatic rings. The van der Waals surface area contributed by atoms with Crippen LogP contribution in [0.15, 0.2) is 29.2 Å². The fourth-order valence-electron chi connectivity index (χ4n) is 3.38. The zero-order chi connectivity index (χ0) is 19.7. The maximum atomic E-state index is 12.7. The van der Waals surface area contributed by atoms with Gasteiger partial charge in [0, 0.05) is 13.0 Å². The second-order valence-electron chi connectivity index (χ2n) is 7.90. The van der Waals surface area contributed by atoms with Gasteiger partial charge in [-0.05, 0) is 62.6 Å². The molecule has 2 amide bonds. The molecule has 6 nitrogen and oxygen atoms in total. The topological polar surface area (TPSA) is 83.6 Å². The predicted molar refractivity (Wildman–Crippen MR) is 102 cm³/mol. The molecule has 1 atom stereocenters. The van der Waals surface area contributed by atoms with Crippen molar-refractivity contribution in [2.45, 2.75) is 69.2 Å². The summed E-state index contributed by atoms with van der Waals surface area (Å²) in [5.41, 5.74) is -0.00922. The van der Waals surface area contributed by atoms with Crippen molar-refractivity contribution in [2.75, 3.05) is 6.54 Å². The second-order valence-corrected chi connectivity index (χ2v) is 9.58. The van der Waals surface area contributed by atoms with Gasteiger partial charge in [-0.15, -0.1) is 0 Å². The van der Waals surface area contributed by atoms with Crippen molar-refractivity contribution in [1.29, 1.82) is 0 Å². The van der Waals surface area contributed by atoms with E-state index in [1.807, 2.05) is 0 Å². The summed E-state index contributed by atoms with van der Waals surface area (Å²) in [5.74, 6) is -0.257. The maximum Gasteiger partial charge on any atom is 0.264 e. The summed E-state index contributed by atoms with van der Waals surface area (Å²) >= 11 is 0. The number of likely N-dealkylation sites (tertiary alicyclic amines) is 1. The summed E-state index contributed by atoms with van der Waals surface area (Å²) in [4.78, 5) is 26.6. The van der Waals surface area contributed by atoms with Crippen molar-refractivity contribution < 1.29 is 18.0 Å². The Morgan fingerprint density at radius 1 is 1.22 bits per heavy atom. The minimum atomic E-state index is -3.95. The van der Waals surface area contributed by atoms with Crippen LogP contribution in [-0.2, 0) is 26.0 Å². The Labute approximate surface area is 161 Å². The van der Waals surface area contributed by atoms with Gasteiger partial charge in [-0.2, -0.15) is 0 Å². The third-order valence-corrected chi connectivity index (χ3v) is 6.99. The monoisotopic (exact) mass is 392 g/mol. The second kappa shape index (κ2) is 7.62. The van der Waals surface area contributed by atoms with E-state index in [1.54, 1.807) is 19.1 Å². The van der Waals surface area contributed by atoms with Crippen LogP contribution >= 0.6 is 0 Å². The number of nitrogens with one attached hydrogen (secondary N) is 1. The molecular weight excluding hydrogens is 364 g/mol. The van der Waals surface area contributed by atoms with E-state index in [0.29, 0.717) is 25.3 Å². The molecule has 148 valence electrons. The first-order valence-electron chi connectivity index (χ1n) is 9.73. The van der Waals surface area contributed by atoms with E-state index in [-0.39, 0.29) is 10.8 Å². The summed E-state index contributed by atoms with van der Waals surface area (Å²) in [5, 5.41) is 0. The van der Waals surface area contributed by atoms with Gasteiger partial charge in [0.25, 0.3) is 15.9 Å². The highest BCUT2D eigenvalue weighted by atomic mass is 32.2. The van der Waals surface area contributed by atoms with E-state index in [2.05, 4.69) is 11.6 Å². The molecule has 27 heavy (non-hydrogen) atoms. The Bertz CT molecular complexity index is 815. The average Bonchev–Trinajstić information content (AvgIpc) is 3.42. The van der Waals surface area contributed by atoms with Crippen LogP contribution < -0.4 is 4.72 Å². The third kappa shape index (κ3) is 4.34. The molecular formula is C20H28N2O4S. The van der Waals surface area contributed by atoms with Gasteiger partial charge in [0.2, 0.25) is 5.91 Å². The van der Waals surface area contributed by atoms with Gasteiger partial charge in [-0.3, -0.25) is 9.59 Å². The SMILES string of the molecule is CCCCc1ccc(S(=O)(=O)NC(=O)C2(C)CCN2C(=O)CC2CC2)cc1. The molecule has 3 rings (SSSR count). The Balaban J connectivity index is 1.65. The molecule has 1 aliphatic carbocycles. The summed E-state index contributed by atoms with van der Waals surface area (Å²) in [6.45, 7) is 4.25. The van der Waals surface area contributed by atoms with Crippen LogP contribution in [0.3, 0.4) is 0 Å². The number of sulfonamides is 1. The highest BCUT2D eigenvalue weighted by molar-refractivity contribution is 7.90. The van der Waals surface area contributed by atoms with Gasteiger partial charge < -0.3 is 4.90 Å². The maximum absolute atomic E-state index is 12.7. The van der Waals surface area contributed by atoms with Crippen LogP contribution in [0.25, 0.3) is 0 Å². The van der Waals surface area contributed by atoms with Crippen molar-refractivity contribution in [3.63, 3.8) is 0 Å². The number of hydrogen-bond acceptors (Lipinski definition) is 4. The quantitative estimate of drug-likeness (QED) is 0.737. The normalized spacial score (nSPS) is 22.2. The summed E-state index contributed by atoms with van der Waals surface area (Å²) in [7, 11) is -3.95. The van der Waals surface area contributed by atoms with Gasteiger partial charge in [-0.25, -0.2) is 13.1 Å². The van der Waals surface area contributed by atoms with Crippen LogP contribution in [0.4, 0.5) is 0 Å². The fourth-order valence-corrected chi connectivity index (χ4v) is 4.46. The zero-order valence-electron chi connectivity index (χ0n) is 16.0. The molecule has 1 heterocycles. The number of amides is 2. The molecule has 1 N–H and O–H groups in total.